The minimum absolute atomic E-state index is 0.178. The normalized spacial score (nSPS) is 18.9. The molecular weight excluding hydrogens is 289 g/mol. The largest absolute Gasteiger partial charge is 0.303 e. The number of halogens is 2. The molecule has 1 aliphatic carbocycles. The second-order valence-electron chi connectivity index (χ2n) is 5.34. The van der Waals surface area contributed by atoms with Gasteiger partial charge >= 0.3 is 0 Å². The highest BCUT2D eigenvalue weighted by molar-refractivity contribution is 6.33. The summed E-state index contributed by atoms with van der Waals surface area (Å²) in [6.45, 7) is 2.14. The van der Waals surface area contributed by atoms with Crippen molar-refractivity contribution in [2.45, 2.75) is 31.8 Å². The number of benzene rings is 2. The van der Waals surface area contributed by atoms with E-state index in [2.05, 4.69) is 36.5 Å². The van der Waals surface area contributed by atoms with E-state index in [4.69, 9.17) is 23.2 Å². The molecule has 1 N–H and O–H groups in total. The van der Waals surface area contributed by atoms with Gasteiger partial charge in [-0.05, 0) is 54.7 Å². The molecule has 3 heteroatoms. The Morgan fingerprint density at radius 3 is 2.80 bits per heavy atom. The van der Waals surface area contributed by atoms with Gasteiger partial charge in [0.05, 0.1) is 0 Å². The highest BCUT2D eigenvalue weighted by Gasteiger charge is 2.24. The van der Waals surface area contributed by atoms with Crippen LogP contribution in [0.3, 0.4) is 0 Å². The number of nitrogens with one attached hydrogen (secondary N) is 1. The van der Waals surface area contributed by atoms with Crippen LogP contribution < -0.4 is 5.32 Å². The van der Waals surface area contributed by atoms with Gasteiger partial charge in [-0.3, -0.25) is 0 Å². The molecule has 1 aliphatic rings. The van der Waals surface area contributed by atoms with Crippen LogP contribution in [0.5, 0.6) is 0 Å². The lowest BCUT2D eigenvalue weighted by molar-refractivity contribution is 0.465. The summed E-state index contributed by atoms with van der Waals surface area (Å²) in [5.41, 5.74) is 3.93. The van der Waals surface area contributed by atoms with Crippen LogP contribution in [0.15, 0.2) is 42.5 Å². The molecule has 0 bridgehead atoms. The smallest absolute Gasteiger partial charge is 0.0454 e. The number of fused-ring (bicyclic) bond motifs is 1. The Bertz CT molecular complexity index is 624. The molecule has 0 aromatic heterocycles. The summed E-state index contributed by atoms with van der Waals surface area (Å²) in [5.74, 6) is 0. The van der Waals surface area contributed by atoms with Gasteiger partial charge in [-0.15, -0.1) is 0 Å². The fourth-order valence-electron chi connectivity index (χ4n) is 2.97. The maximum Gasteiger partial charge on any atom is 0.0454 e. The summed E-state index contributed by atoms with van der Waals surface area (Å²) in [6.07, 6.45) is 2.28. The Morgan fingerprint density at radius 1 is 1.15 bits per heavy atom. The topological polar surface area (TPSA) is 12.0 Å². The molecule has 0 saturated carbocycles. The summed E-state index contributed by atoms with van der Waals surface area (Å²) in [4.78, 5) is 0. The van der Waals surface area contributed by atoms with Crippen molar-refractivity contribution >= 4 is 23.2 Å². The molecule has 0 amide bonds. The van der Waals surface area contributed by atoms with Gasteiger partial charge in [0.1, 0.15) is 0 Å². The van der Waals surface area contributed by atoms with Crippen LogP contribution in [-0.2, 0) is 6.42 Å². The molecule has 2 atom stereocenters. The number of hydrogen-bond acceptors (Lipinski definition) is 1. The van der Waals surface area contributed by atoms with Crippen LogP contribution in [0, 0.1) is 0 Å². The predicted octanol–water partition coefficient (Wildman–Crippen LogP) is 5.33. The molecule has 0 aliphatic heterocycles. The summed E-state index contributed by atoms with van der Waals surface area (Å²) in [7, 11) is 0. The van der Waals surface area contributed by atoms with Crippen molar-refractivity contribution in [3.63, 3.8) is 0 Å². The van der Waals surface area contributed by atoms with Crippen molar-refractivity contribution in [3.8, 4) is 0 Å². The first-order valence-electron chi connectivity index (χ1n) is 6.94. The van der Waals surface area contributed by atoms with Gasteiger partial charge in [0, 0.05) is 22.1 Å². The van der Waals surface area contributed by atoms with Crippen molar-refractivity contribution in [1.82, 2.24) is 5.32 Å². The molecule has 0 fully saturated rings. The van der Waals surface area contributed by atoms with E-state index in [0.717, 1.165) is 28.5 Å². The van der Waals surface area contributed by atoms with E-state index < -0.39 is 0 Å². The van der Waals surface area contributed by atoms with E-state index in [-0.39, 0.29) is 6.04 Å². The Kier molecular flexibility index (Phi) is 4.02. The molecule has 2 aromatic carbocycles. The zero-order valence-electron chi connectivity index (χ0n) is 11.4. The molecule has 3 rings (SSSR count). The van der Waals surface area contributed by atoms with Crippen LogP contribution >= 0.6 is 23.2 Å². The summed E-state index contributed by atoms with van der Waals surface area (Å²) in [6, 6.07) is 14.9. The van der Waals surface area contributed by atoms with Crippen LogP contribution in [-0.4, -0.2) is 0 Å². The van der Waals surface area contributed by atoms with Crippen LogP contribution in [0.2, 0.25) is 10.0 Å². The maximum atomic E-state index is 6.28. The summed E-state index contributed by atoms with van der Waals surface area (Å²) >= 11 is 12.4. The highest BCUT2D eigenvalue weighted by atomic mass is 35.5. The predicted molar refractivity (Wildman–Crippen MR) is 85.5 cm³/mol. The fourth-order valence-corrected chi connectivity index (χ4v) is 3.43. The van der Waals surface area contributed by atoms with Gasteiger partial charge in [-0.1, -0.05) is 47.5 Å². The van der Waals surface area contributed by atoms with Gasteiger partial charge in [0.2, 0.25) is 0 Å². The lowest BCUT2D eigenvalue weighted by Crippen LogP contribution is -2.23. The monoisotopic (exact) mass is 305 g/mol. The van der Waals surface area contributed by atoms with Crippen molar-refractivity contribution in [1.29, 1.82) is 0 Å². The van der Waals surface area contributed by atoms with E-state index in [0.29, 0.717) is 6.04 Å². The molecule has 20 heavy (non-hydrogen) atoms. The van der Waals surface area contributed by atoms with Gasteiger partial charge in [-0.2, -0.15) is 0 Å². The Balaban J connectivity index is 1.80. The molecular formula is C17H17Cl2N. The molecule has 2 aromatic rings. The third kappa shape index (κ3) is 2.71. The van der Waals surface area contributed by atoms with E-state index in [1.165, 1.54) is 11.1 Å². The first-order chi connectivity index (χ1) is 9.65. The SMILES string of the molecule is CC(NC1CCc2ccccc21)c1cc(Cl)ccc1Cl. The Labute approximate surface area is 129 Å². The Morgan fingerprint density at radius 2 is 1.95 bits per heavy atom. The Hall–Kier alpha value is -1.02. The van der Waals surface area contributed by atoms with Crippen LogP contribution in [0.1, 0.15) is 42.1 Å². The average Bonchev–Trinajstić information content (AvgIpc) is 2.85. The molecule has 1 nitrogen and oxygen atoms in total. The quantitative estimate of drug-likeness (QED) is 0.808. The first-order valence-corrected chi connectivity index (χ1v) is 7.69. The molecule has 2 unspecified atom stereocenters. The van der Waals surface area contributed by atoms with Gasteiger partial charge in [-0.25, -0.2) is 0 Å². The van der Waals surface area contributed by atoms with Gasteiger partial charge in [0.25, 0.3) is 0 Å². The summed E-state index contributed by atoms with van der Waals surface area (Å²) in [5, 5.41) is 5.17. The van der Waals surface area contributed by atoms with E-state index >= 15 is 0 Å². The first kappa shape index (κ1) is 13.9. The van der Waals surface area contributed by atoms with Crippen molar-refractivity contribution in [2.75, 3.05) is 0 Å². The van der Waals surface area contributed by atoms with Gasteiger partial charge < -0.3 is 5.32 Å². The highest BCUT2D eigenvalue weighted by Crippen LogP contribution is 2.34. The van der Waals surface area contributed by atoms with Crippen molar-refractivity contribution in [3.05, 3.63) is 69.2 Å². The lowest BCUT2D eigenvalue weighted by Gasteiger charge is -2.22. The second-order valence-corrected chi connectivity index (χ2v) is 6.19. The standard InChI is InChI=1S/C17H17Cl2N/c1-11(15-10-13(18)7-8-16(15)19)20-17-9-6-12-4-2-3-5-14(12)17/h2-5,7-8,10-11,17,20H,6,9H2,1H3. The third-order valence-corrected chi connectivity index (χ3v) is 4.59. The molecule has 0 saturated heterocycles. The van der Waals surface area contributed by atoms with Crippen LogP contribution in [0.25, 0.3) is 0 Å². The van der Waals surface area contributed by atoms with Crippen LogP contribution in [0.4, 0.5) is 0 Å². The zero-order valence-corrected chi connectivity index (χ0v) is 12.9. The van der Waals surface area contributed by atoms with E-state index in [1.807, 2.05) is 18.2 Å². The molecule has 104 valence electrons. The average molecular weight is 306 g/mol. The zero-order chi connectivity index (χ0) is 14.1. The van der Waals surface area contributed by atoms with E-state index in [9.17, 15) is 0 Å². The van der Waals surface area contributed by atoms with Crippen molar-refractivity contribution < 1.29 is 0 Å². The molecule has 0 spiro atoms. The minimum atomic E-state index is 0.178. The number of hydrogen-bond donors (Lipinski definition) is 1. The maximum absolute atomic E-state index is 6.28. The second kappa shape index (κ2) is 5.77. The fraction of sp³-hybridized carbons (Fsp3) is 0.294. The summed E-state index contributed by atoms with van der Waals surface area (Å²) < 4.78 is 0. The third-order valence-electron chi connectivity index (χ3n) is 4.01. The molecule has 0 radical (unpaired) electrons. The van der Waals surface area contributed by atoms with E-state index in [1.54, 1.807) is 0 Å². The lowest BCUT2D eigenvalue weighted by atomic mass is 10.0. The number of aryl methyl sites for hydroxylation is 1. The molecule has 0 heterocycles. The van der Waals surface area contributed by atoms with Gasteiger partial charge in [0.15, 0.2) is 0 Å². The van der Waals surface area contributed by atoms with Crippen molar-refractivity contribution in [2.24, 2.45) is 0 Å². The number of rotatable bonds is 3. The minimum Gasteiger partial charge on any atom is -0.303 e.